The van der Waals surface area contributed by atoms with Crippen molar-refractivity contribution in [2.45, 2.75) is 60.7 Å². The van der Waals surface area contributed by atoms with Gasteiger partial charge in [0.2, 0.25) is 6.36 Å². The summed E-state index contributed by atoms with van der Waals surface area (Å²) in [5, 5.41) is 3.40. The smallest absolute Gasteiger partial charge is 0.235 e. The number of nitrogens with one attached hydrogen (secondary N) is 1. The lowest BCUT2D eigenvalue weighted by Gasteiger charge is -2.22. The zero-order valence-corrected chi connectivity index (χ0v) is 19.0. The van der Waals surface area contributed by atoms with Gasteiger partial charge < -0.3 is 10.1 Å². The van der Waals surface area contributed by atoms with Crippen LogP contribution in [0.25, 0.3) is 0 Å². The molecule has 162 valence electrons. The van der Waals surface area contributed by atoms with Gasteiger partial charge in [-0.1, -0.05) is 38.5 Å². The zero-order valence-electron chi connectivity index (χ0n) is 19.0. The monoisotopic (exact) mass is 404 g/mol. The molecule has 2 unspecified atom stereocenters. The highest BCUT2D eigenvalue weighted by Crippen LogP contribution is 2.24. The number of ketones is 1. The number of ether oxygens (including phenoxy) is 1. The minimum absolute atomic E-state index is 0.0397. The second-order valence-electron chi connectivity index (χ2n) is 8.83. The molecule has 0 saturated carbocycles. The van der Waals surface area contributed by atoms with Crippen molar-refractivity contribution < 1.29 is 13.9 Å². The van der Waals surface area contributed by atoms with Crippen molar-refractivity contribution in [2.75, 3.05) is 20.1 Å². The molecule has 0 fully saturated rings. The van der Waals surface area contributed by atoms with E-state index in [9.17, 15) is 9.18 Å². The van der Waals surface area contributed by atoms with Crippen LogP contribution >= 0.6 is 0 Å². The van der Waals surface area contributed by atoms with Gasteiger partial charge in [0.25, 0.3) is 0 Å². The molecule has 1 N–H and O–H groups in total. The Morgan fingerprint density at radius 2 is 2.00 bits per heavy atom. The molecule has 4 nitrogen and oxygen atoms in total. The van der Waals surface area contributed by atoms with Crippen LogP contribution in [-0.4, -0.2) is 38.0 Å². The molecule has 0 heterocycles. The van der Waals surface area contributed by atoms with Crippen LogP contribution in [0.15, 0.2) is 40.9 Å². The summed E-state index contributed by atoms with van der Waals surface area (Å²) in [6.45, 7) is 13.0. The van der Waals surface area contributed by atoms with Crippen molar-refractivity contribution in [1.82, 2.24) is 5.32 Å². The van der Waals surface area contributed by atoms with E-state index < -0.39 is 6.36 Å². The van der Waals surface area contributed by atoms with Gasteiger partial charge in [-0.25, -0.2) is 4.39 Å². The molecule has 0 amide bonds. The minimum atomic E-state index is -1.36. The summed E-state index contributed by atoms with van der Waals surface area (Å²) < 4.78 is 18.2. The Hall–Kier alpha value is -2.01. The van der Waals surface area contributed by atoms with Gasteiger partial charge in [-0.15, -0.1) is 0 Å². The first kappa shape index (κ1) is 25.0. The fourth-order valence-electron chi connectivity index (χ4n) is 2.98. The second-order valence-corrected chi connectivity index (χ2v) is 8.83. The quantitative estimate of drug-likeness (QED) is 0.505. The molecule has 1 aromatic carbocycles. The highest BCUT2D eigenvalue weighted by Gasteiger charge is 2.18. The molecule has 0 aliphatic heterocycles. The third kappa shape index (κ3) is 10.4. The van der Waals surface area contributed by atoms with E-state index in [2.05, 4.69) is 31.1 Å². The van der Waals surface area contributed by atoms with Crippen molar-refractivity contribution in [1.29, 1.82) is 0 Å². The predicted molar refractivity (Wildman–Crippen MR) is 120 cm³/mol. The molecule has 1 rings (SSSR count). The number of aliphatic imine (C=N–C) groups is 1. The summed E-state index contributed by atoms with van der Waals surface area (Å²) in [6.07, 6.45) is 2.57. The maximum Gasteiger partial charge on any atom is 0.235 e. The van der Waals surface area contributed by atoms with Crippen molar-refractivity contribution in [3.63, 3.8) is 0 Å². The van der Waals surface area contributed by atoms with Gasteiger partial charge in [0.1, 0.15) is 11.5 Å². The molecule has 5 heteroatoms. The van der Waals surface area contributed by atoms with E-state index in [-0.39, 0.29) is 17.1 Å². The largest absolute Gasteiger partial charge is 0.461 e. The van der Waals surface area contributed by atoms with Crippen LogP contribution in [0.5, 0.6) is 5.75 Å². The van der Waals surface area contributed by atoms with Gasteiger partial charge in [0.15, 0.2) is 0 Å². The lowest BCUT2D eigenvalue weighted by Crippen LogP contribution is -2.29. The molecule has 0 radical (unpaired) electrons. The van der Waals surface area contributed by atoms with E-state index in [1.165, 1.54) is 6.92 Å². The van der Waals surface area contributed by atoms with Crippen LogP contribution in [0.2, 0.25) is 0 Å². The number of carbonyl (C=O) groups is 1. The van der Waals surface area contributed by atoms with Gasteiger partial charge >= 0.3 is 0 Å². The number of allylic oxidation sites excluding steroid dienone is 1. The second kappa shape index (κ2) is 11.9. The van der Waals surface area contributed by atoms with Crippen LogP contribution in [0.4, 0.5) is 4.39 Å². The number of halogens is 1. The van der Waals surface area contributed by atoms with Gasteiger partial charge in [0, 0.05) is 38.5 Å². The molecular formula is C24H37FN2O2. The summed E-state index contributed by atoms with van der Waals surface area (Å²) in [5.74, 6) is 0.752. The average Bonchev–Trinajstić information content (AvgIpc) is 2.61. The maximum atomic E-state index is 13.1. The van der Waals surface area contributed by atoms with E-state index >= 15 is 0 Å². The Bertz CT molecular complexity index is 718. The SMILES string of the molecule is CN=C(/C=C(\C)CNCC(CCC(C)(C)C)C(C)=O)c1cccc(OC(C)F)c1. The summed E-state index contributed by atoms with van der Waals surface area (Å²) in [4.78, 5) is 16.3. The number of rotatable bonds is 11. The van der Waals surface area contributed by atoms with E-state index in [0.717, 1.165) is 29.7 Å². The van der Waals surface area contributed by atoms with Crippen LogP contribution in [0.1, 0.15) is 59.9 Å². The fourth-order valence-corrected chi connectivity index (χ4v) is 2.98. The van der Waals surface area contributed by atoms with Crippen LogP contribution in [-0.2, 0) is 4.79 Å². The number of hydrogen-bond acceptors (Lipinski definition) is 4. The van der Waals surface area contributed by atoms with Crippen LogP contribution in [0.3, 0.4) is 0 Å². The first-order valence-electron chi connectivity index (χ1n) is 10.3. The highest BCUT2D eigenvalue weighted by molar-refractivity contribution is 6.09. The molecular weight excluding hydrogens is 367 g/mol. The normalized spacial score (nSPS) is 15.2. The number of carbonyl (C=O) groups excluding carboxylic acids is 1. The maximum absolute atomic E-state index is 13.1. The minimum Gasteiger partial charge on any atom is -0.461 e. The first-order valence-corrected chi connectivity index (χ1v) is 10.3. The summed E-state index contributed by atoms with van der Waals surface area (Å²) in [5.41, 5.74) is 3.01. The highest BCUT2D eigenvalue weighted by atomic mass is 19.1. The van der Waals surface area contributed by atoms with E-state index in [4.69, 9.17) is 4.74 Å². The standard InChI is InChI=1S/C24H37FN2O2/c1-17(15-27-16-21(18(2)28)11-12-24(4,5)6)13-23(26-7)20-9-8-10-22(14-20)29-19(3)25/h8-10,13-14,19,21,27H,11-12,15-16H2,1-7H3/b17-13+,26-23?. The number of Topliss-reactive ketones (excluding diaryl/α,β-unsaturated/α-hetero) is 1. The number of alkyl halides is 1. The van der Waals surface area contributed by atoms with Crippen molar-refractivity contribution >= 4 is 11.5 Å². The van der Waals surface area contributed by atoms with Gasteiger partial charge in [0.05, 0.1) is 5.71 Å². The number of hydrogen-bond donors (Lipinski definition) is 1. The summed E-state index contributed by atoms with van der Waals surface area (Å²) >= 11 is 0. The summed E-state index contributed by atoms with van der Waals surface area (Å²) in [7, 11) is 1.73. The summed E-state index contributed by atoms with van der Waals surface area (Å²) in [6, 6.07) is 7.26. The third-order valence-corrected chi connectivity index (χ3v) is 4.66. The van der Waals surface area contributed by atoms with Crippen molar-refractivity contribution in [3.8, 4) is 5.75 Å². The van der Waals surface area contributed by atoms with E-state index in [1.54, 1.807) is 26.1 Å². The number of benzene rings is 1. The lowest BCUT2D eigenvalue weighted by molar-refractivity contribution is -0.120. The Balaban J connectivity index is 2.69. The first-order chi connectivity index (χ1) is 13.5. The Kier molecular flexibility index (Phi) is 10.2. The zero-order chi connectivity index (χ0) is 22.0. The third-order valence-electron chi connectivity index (χ3n) is 4.66. The molecule has 0 saturated heterocycles. The molecule has 0 aliphatic carbocycles. The van der Waals surface area contributed by atoms with Crippen LogP contribution in [0, 0.1) is 11.3 Å². The van der Waals surface area contributed by atoms with Gasteiger partial charge in [-0.05, 0) is 50.3 Å². The molecule has 0 aromatic heterocycles. The van der Waals surface area contributed by atoms with Gasteiger partial charge in [-0.3, -0.25) is 9.79 Å². The molecule has 2 atom stereocenters. The van der Waals surface area contributed by atoms with E-state index in [0.29, 0.717) is 18.8 Å². The van der Waals surface area contributed by atoms with E-state index in [1.807, 2.05) is 25.1 Å². The molecule has 0 aliphatic rings. The predicted octanol–water partition coefficient (Wildman–Crippen LogP) is 5.37. The number of nitrogens with zero attached hydrogens (tertiary/aromatic N) is 1. The Labute approximate surface area is 175 Å². The average molecular weight is 405 g/mol. The Morgan fingerprint density at radius 1 is 1.31 bits per heavy atom. The lowest BCUT2D eigenvalue weighted by atomic mass is 9.85. The molecule has 29 heavy (non-hydrogen) atoms. The Morgan fingerprint density at radius 3 is 2.55 bits per heavy atom. The molecule has 1 aromatic rings. The van der Waals surface area contributed by atoms with Crippen molar-refractivity contribution in [3.05, 3.63) is 41.5 Å². The van der Waals surface area contributed by atoms with Gasteiger partial charge in [-0.2, -0.15) is 0 Å². The van der Waals surface area contributed by atoms with Crippen molar-refractivity contribution in [2.24, 2.45) is 16.3 Å². The fraction of sp³-hybridized carbons (Fsp3) is 0.583. The van der Waals surface area contributed by atoms with Crippen LogP contribution < -0.4 is 10.1 Å². The molecule has 0 spiro atoms. The molecule has 0 bridgehead atoms. The topological polar surface area (TPSA) is 50.7 Å².